The number of nitrogens with one attached hydrogen (secondary N) is 2. The Labute approximate surface area is 195 Å². The molecule has 4 amide bonds. The van der Waals surface area contributed by atoms with E-state index in [-0.39, 0.29) is 41.8 Å². The molecule has 4 rings (SSSR count). The number of nitrogens with zero attached hydrogens (tertiary/aromatic N) is 1. The van der Waals surface area contributed by atoms with E-state index in [1.54, 1.807) is 0 Å². The molecule has 1 unspecified atom stereocenters. The summed E-state index contributed by atoms with van der Waals surface area (Å²) in [7, 11) is 0. The Morgan fingerprint density at radius 2 is 1.91 bits per heavy atom. The zero-order chi connectivity index (χ0) is 25.3. The van der Waals surface area contributed by atoms with Crippen molar-refractivity contribution in [2.24, 2.45) is 0 Å². The van der Waals surface area contributed by atoms with E-state index >= 15 is 0 Å². The summed E-state index contributed by atoms with van der Waals surface area (Å²) in [4.78, 5) is 49.5. The van der Waals surface area contributed by atoms with Gasteiger partial charge in [-0.2, -0.15) is 8.78 Å². The lowest BCUT2D eigenvalue weighted by Gasteiger charge is -2.29. The zero-order valence-corrected chi connectivity index (χ0v) is 17.8. The maximum Gasteiger partial charge on any atom is 0.411 e. The van der Waals surface area contributed by atoms with Gasteiger partial charge in [0.15, 0.2) is 0 Å². The number of hydrogen-bond acceptors (Lipinski definition) is 6. The van der Waals surface area contributed by atoms with Gasteiger partial charge in [0.25, 0.3) is 5.91 Å². The molecule has 13 heteroatoms. The molecule has 184 valence electrons. The molecule has 0 spiro atoms. The third kappa shape index (κ3) is 5.34. The average Bonchev–Trinajstić information content (AvgIpc) is 3.08. The van der Waals surface area contributed by atoms with Crippen LogP contribution < -0.4 is 15.4 Å². The quantitative estimate of drug-likeness (QED) is 0.471. The highest BCUT2D eigenvalue weighted by Gasteiger charge is 2.40. The molecule has 1 saturated heterocycles. The molecule has 0 aliphatic carbocycles. The van der Waals surface area contributed by atoms with Gasteiger partial charge in [-0.15, -0.1) is 0 Å². The summed E-state index contributed by atoms with van der Waals surface area (Å²) in [5.41, 5.74) is -0.0384. The van der Waals surface area contributed by atoms with Crippen LogP contribution in [0.1, 0.15) is 34.3 Å². The van der Waals surface area contributed by atoms with Crippen LogP contribution in [0.3, 0.4) is 0 Å². The summed E-state index contributed by atoms with van der Waals surface area (Å²) in [6.45, 7) is -3.83. The topological polar surface area (TPSA) is 114 Å². The van der Waals surface area contributed by atoms with Crippen molar-refractivity contribution in [3.63, 3.8) is 0 Å². The second-order valence-corrected chi connectivity index (χ2v) is 7.76. The van der Waals surface area contributed by atoms with Gasteiger partial charge >= 0.3 is 12.7 Å². The van der Waals surface area contributed by atoms with Gasteiger partial charge in [-0.1, -0.05) is 0 Å². The molecule has 2 aromatic rings. The lowest BCUT2D eigenvalue weighted by Crippen LogP contribution is -2.52. The molecule has 0 bridgehead atoms. The predicted octanol–water partition coefficient (Wildman–Crippen LogP) is 3.08. The Kier molecular flexibility index (Phi) is 6.58. The van der Waals surface area contributed by atoms with E-state index in [1.165, 1.54) is 11.0 Å². The molecule has 1 atom stereocenters. The van der Waals surface area contributed by atoms with Crippen LogP contribution in [0, 0.1) is 11.6 Å². The molecule has 0 radical (unpaired) electrons. The molecule has 1 fully saturated rings. The number of halogens is 4. The first-order valence-corrected chi connectivity index (χ1v) is 10.3. The second-order valence-electron chi connectivity index (χ2n) is 7.76. The maximum atomic E-state index is 14.7. The number of alkyl halides is 2. The van der Waals surface area contributed by atoms with Gasteiger partial charge in [0.2, 0.25) is 11.8 Å². The highest BCUT2D eigenvalue weighted by Crippen LogP contribution is 2.30. The third-order valence-electron chi connectivity index (χ3n) is 5.37. The average molecular weight is 495 g/mol. The lowest BCUT2D eigenvalue weighted by atomic mass is 10.0. The number of carbonyl (C=O) groups excluding carboxylic acids is 4. The van der Waals surface area contributed by atoms with Gasteiger partial charge in [-0.05, 0) is 30.2 Å². The molecule has 0 saturated carbocycles. The molecular weight excluding hydrogens is 478 g/mol. The monoisotopic (exact) mass is 495 g/mol. The van der Waals surface area contributed by atoms with Crippen LogP contribution in [-0.2, 0) is 27.5 Å². The van der Waals surface area contributed by atoms with Crippen molar-refractivity contribution in [3.05, 3.63) is 58.7 Å². The maximum absolute atomic E-state index is 14.7. The fraction of sp³-hybridized carbons (Fsp3) is 0.273. The molecule has 35 heavy (non-hydrogen) atoms. The summed E-state index contributed by atoms with van der Waals surface area (Å²) in [5, 5.41) is 4.28. The van der Waals surface area contributed by atoms with Gasteiger partial charge in [0.05, 0.1) is 12.2 Å². The number of imide groups is 1. The highest BCUT2D eigenvalue weighted by atomic mass is 19.3. The van der Waals surface area contributed by atoms with Crippen LogP contribution >= 0.6 is 0 Å². The first-order valence-electron chi connectivity index (χ1n) is 10.3. The number of rotatable bonds is 6. The summed E-state index contributed by atoms with van der Waals surface area (Å²) in [5.74, 6) is -3.90. The van der Waals surface area contributed by atoms with Gasteiger partial charge in [0, 0.05) is 29.7 Å². The Bertz CT molecular complexity index is 1220. The number of ether oxygens (including phenoxy) is 2. The van der Waals surface area contributed by atoms with Gasteiger partial charge < -0.3 is 14.4 Å². The van der Waals surface area contributed by atoms with E-state index in [4.69, 9.17) is 4.74 Å². The normalized spacial score (nSPS) is 17.3. The Morgan fingerprint density at radius 3 is 2.63 bits per heavy atom. The van der Waals surface area contributed by atoms with E-state index in [9.17, 15) is 36.7 Å². The fourth-order valence-electron chi connectivity index (χ4n) is 3.86. The van der Waals surface area contributed by atoms with Crippen LogP contribution in [0.5, 0.6) is 5.75 Å². The minimum absolute atomic E-state index is 0.00683. The summed E-state index contributed by atoms with van der Waals surface area (Å²) in [6.07, 6.45) is -0.934. The Morgan fingerprint density at radius 1 is 1.14 bits per heavy atom. The number of benzene rings is 2. The highest BCUT2D eigenvalue weighted by molar-refractivity contribution is 6.05. The molecule has 2 heterocycles. The van der Waals surface area contributed by atoms with E-state index in [1.807, 2.05) is 0 Å². The van der Waals surface area contributed by atoms with Crippen LogP contribution in [-0.4, -0.2) is 41.4 Å². The number of anilines is 1. The number of carbonyl (C=O) groups is 4. The fourth-order valence-corrected chi connectivity index (χ4v) is 3.86. The lowest BCUT2D eigenvalue weighted by molar-refractivity contribution is -0.136. The number of piperidine rings is 1. The zero-order valence-electron chi connectivity index (χ0n) is 17.8. The van der Waals surface area contributed by atoms with Gasteiger partial charge in [-0.3, -0.25) is 25.0 Å². The van der Waals surface area contributed by atoms with Crippen LogP contribution in [0.25, 0.3) is 0 Å². The van der Waals surface area contributed by atoms with E-state index in [2.05, 4.69) is 15.4 Å². The molecular formula is C22H17F4N3O6. The molecule has 2 aliphatic heterocycles. The number of hydrogen-bond donors (Lipinski definition) is 2. The van der Waals surface area contributed by atoms with Crippen LogP contribution in [0.2, 0.25) is 0 Å². The Hall–Kier alpha value is -4.16. The minimum Gasteiger partial charge on any atom is -0.444 e. The SMILES string of the molecule is O=C1CCC(N2Cc3c(F)cc(COC(=O)Nc4cc(F)cc(OC(F)F)c4)cc3C2=O)C(=O)N1. The van der Waals surface area contributed by atoms with Crippen LogP contribution in [0.4, 0.5) is 28.0 Å². The van der Waals surface area contributed by atoms with Crippen molar-refractivity contribution < 1.29 is 46.2 Å². The van der Waals surface area contributed by atoms with Crippen LogP contribution in [0.15, 0.2) is 30.3 Å². The first-order chi connectivity index (χ1) is 16.6. The van der Waals surface area contributed by atoms with E-state index in [0.29, 0.717) is 6.07 Å². The standard InChI is InChI=1S/C22H17F4N3O6/c23-11-5-12(7-13(6-11)35-21(25)26)27-22(33)34-9-10-3-14-15(16(24)4-10)8-29(20(14)32)17-1-2-18(30)28-19(17)31/h3-7,17,21H,1-2,8-9H2,(H,27,33)(H,28,30,31). The third-order valence-corrected chi connectivity index (χ3v) is 5.37. The predicted molar refractivity (Wildman–Crippen MR) is 109 cm³/mol. The van der Waals surface area contributed by atoms with Gasteiger partial charge in [0.1, 0.15) is 30.0 Å². The minimum atomic E-state index is -3.19. The first kappa shape index (κ1) is 24.0. The summed E-state index contributed by atoms with van der Waals surface area (Å²) in [6, 6.07) is 3.96. The second kappa shape index (κ2) is 9.60. The van der Waals surface area contributed by atoms with Crippen molar-refractivity contribution in [3.8, 4) is 5.75 Å². The summed E-state index contributed by atoms with van der Waals surface area (Å²) < 4.78 is 61.9. The van der Waals surface area contributed by atoms with E-state index < -0.39 is 60.5 Å². The van der Waals surface area contributed by atoms with Gasteiger partial charge in [-0.25, -0.2) is 13.6 Å². The van der Waals surface area contributed by atoms with Crippen molar-refractivity contribution in [1.82, 2.24) is 10.2 Å². The van der Waals surface area contributed by atoms with Crippen molar-refractivity contribution >= 4 is 29.5 Å². The molecule has 2 aromatic carbocycles. The van der Waals surface area contributed by atoms with Crippen molar-refractivity contribution in [2.45, 2.75) is 38.6 Å². The molecule has 2 aliphatic rings. The Balaban J connectivity index is 1.41. The number of fused-ring (bicyclic) bond motifs is 1. The van der Waals surface area contributed by atoms with Crippen molar-refractivity contribution in [1.29, 1.82) is 0 Å². The largest absolute Gasteiger partial charge is 0.444 e. The molecule has 9 nitrogen and oxygen atoms in total. The summed E-state index contributed by atoms with van der Waals surface area (Å²) >= 11 is 0. The number of amides is 4. The van der Waals surface area contributed by atoms with E-state index in [0.717, 1.165) is 18.2 Å². The van der Waals surface area contributed by atoms with Crippen molar-refractivity contribution in [2.75, 3.05) is 5.32 Å². The molecule has 2 N–H and O–H groups in total. The smallest absolute Gasteiger partial charge is 0.411 e. The molecule has 0 aromatic heterocycles.